The second-order valence-corrected chi connectivity index (χ2v) is 4.85. The lowest BCUT2D eigenvalue weighted by atomic mass is 10.1. The second kappa shape index (κ2) is 5.82. The van der Waals surface area contributed by atoms with E-state index in [0.717, 1.165) is 28.4 Å². The normalized spacial score (nSPS) is 10.4. The molecular weight excluding hydrogens is 252 g/mol. The third-order valence-corrected chi connectivity index (χ3v) is 3.60. The first-order valence-electron chi connectivity index (χ1n) is 6.57. The fourth-order valence-electron chi connectivity index (χ4n) is 2.15. The molecule has 1 aromatic heterocycles. The van der Waals surface area contributed by atoms with Gasteiger partial charge in [-0.2, -0.15) is 0 Å². The highest BCUT2D eigenvalue weighted by molar-refractivity contribution is 6.00. The van der Waals surface area contributed by atoms with Crippen LogP contribution < -0.4 is 10.1 Å². The van der Waals surface area contributed by atoms with E-state index in [1.807, 2.05) is 55.8 Å². The van der Waals surface area contributed by atoms with Gasteiger partial charge in [0, 0.05) is 35.8 Å². The zero-order valence-electron chi connectivity index (χ0n) is 12.4. The summed E-state index contributed by atoms with van der Waals surface area (Å²) in [6.45, 7) is 4.24. The summed E-state index contributed by atoms with van der Waals surface area (Å²) in [4.78, 5) is 12.3. The Labute approximate surface area is 119 Å². The molecule has 1 N–H and O–H groups in total. The van der Waals surface area contributed by atoms with Gasteiger partial charge in [0.15, 0.2) is 5.78 Å². The van der Waals surface area contributed by atoms with Gasteiger partial charge in [0.1, 0.15) is 5.75 Å². The molecule has 0 spiro atoms. The first-order chi connectivity index (χ1) is 9.52. The number of methoxy groups -OCH3 is 1. The van der Waals surface area contributed by atoms with E-state index in [9.17, 15) is 4.79 Å². The van der Waals surface area contributed by atoms with Crippen molar-refractivity contribution >= 4 is 11.5 Å². The molecule has 0 saturated carbocycles. The number of aromatic nitrogens is 1. The Balaban J connectivity index is 2.06. The molecular formula is C16H20N2O2. The minimum Gasteiger partial charge on any atom is -0.497 e. The van der Waals surface area contributed by atoms with Crippen LogP contribution in [0.15, 0.2) is 30.3 Å². The predicted octanol–water partition coefficient (Wildman–Crippen LogP) is 2.95. The van der Waals surface area contributed by atoms with E-state index < -0.39 is 0 Å². The molecule has 4 heteroatoms. The number of nitrogens with zero attached hydrogens (tertiary/aromatic N) is 1. The Morgan fingerprint density at radius 1 is 1.30 bits per heavy atom. The van der Waals surface area contributed by atoms with Crippen LogP contribution in [0.2, 0.25) is 0 Å². The molecule has 0 bridgehead atoms. The van der Waals surface area contributed by atoms with Crippen molar-refractivity contribution in [3.63, 3.8) is 0 Å². The number of ketones is 1. The van der Waals surface area contributed by atoms with Gasteiger partial charge in [-0.3, -0.25) is 4.79 Å². The van der Waals surface area contributed by atoms with Gasteiger partial charge in [-0.05, 0) is 32.0 Å². The van der Waals surface area contributed by atoms with Crippen molar-refractivity contribution in [1.82, 2.24) is 4.57 Å². The van der Waals surface area contributed by atoms with Gasteiger partial charge in [-0.1, -0.05) is 6.07 Å². The number of nitrogens with one attached hydrogen (secondary N) is 1. The Morgan fingerprint density at radius 2 is 2.05 bits per heavy atom. The lowest BCUT2D eigenvalue weighted by Gasteiger charge is -2.07. The summed E-state index contributed by atoms with van der Waals surface area (Å²) in [6, 6.07) is 9.49. The highest BCUT2D eigenvalue weighted by Gasteiger charge is 2.13. The first-order valence-corrected chi connectivity index (χ1v) is 6.57. The van der Waals surface area contributed by atoms with Crippen LogP contribution in [-0.2, 0) is 7.05 Å². The van der Waals surface area contributed by atoms with E-state index in [0.29, 0.717) is 0 Å². The topological polar surface area (TPSA) is 43.3 Å². The van der Waals surface area contributed by atoms with Gasteiger partial charge in [0.2, 0.25) is 0 Å². The molecule has 0 fully saturated rings. The number of carbonyl (C=O) groups is 1. The maximum atomic E-state index is 12.3. The quantitative estimate of drug-likeness (QED) is 0.851. The third-order valence-electron chi connectivity index (χ3n) is 3.60. The van der Waals surface area contributed by atoms with Gasteiger partial charge in [-0.25, -0.2) is 0 Å². The van der Waals surface area contributed by atoms with Crippen molar-refractivity contribution in [2.24, 2.45) is 7.05 Å². The lowest BCUT2D eigenvalue weighted by Crippen LogP contribution is -2.14. The van der Waals surface area contributed by atoms with Gasteiger partial charge in [0.05, 0.1) is 13.7 Å². The maximum absolute atomic E-state index is 12.3. The van der Waals surface area contributed by atoms with Crippen molar-refractivity contribution in [2.45, 2.75) is 13.8 Å². The molecule has 0 aliphatic rings. The molecule has 0 radical (unpaired) electrons. The molecule has 1 aromatic carbocycles. The average molecular weight is 272 g/mol. The van der Waals surface area contributed by atoms with Crippen molar-refractivity contribution in [2.75, 3.05) is 19.0 Å². The van der Waals surface area contributed by atoms with Crippen LogP contribution in [0.4, 0.5) is 5.69 Å². The van der Waals surface area contributed by atoms with Crippen LogP contribution in [0, 0.1) is 13.8 Å². The van der Waals surface area contributed by atoms with Crippen molar-refractivity contribution in [3.8, 4) is 5.75 Å². The molecule has 4 nitrogen and oxygen atoms in total. The minimum atomic E-state index is 0.0917. The number of benzene rings is 1. The number of Topliss-reactive ketones (excluding diaryl/α,β-unsaturated/α-hetero) is 1. The monoisotopic (exact) mass is 272 g/mol. The van der Waals surface area contributed by atoms with E-state index in [-0.39, 0.29) is 12.3 Å². The fraction of sp³-hybridized carbons (Fsp3) is 0.312. The average Bonchev–Trinajstić information content (AvgIpc) is 2.72. The molecule has 0 saturated heterocycles. The Kier molecular flexibility index (Phi) is 4.13. The Bertz CT molecular complexity index is 629. The van der Waals surface area contributed by atoms with Gasteiger partial charge in [-0.15, -0.1) is 0 Å². The maximum Gasteiger partial charge on any atom is 0.183 e. The van der Waals surface area contributed by atoms with E-state index in [1.165, 1.54) is 0 Å². The molecule has 2 aromatic rings. The van der Waals surface area contributed by atoms with Crippen LogP contribution in [0.5, 0.6) is 5.75 Å². The smallest absolute Gasteiger partial charge is 0.183 e. The van der Waals surface area contributed by atoms with Crippen molar-refractivity contribution in [1.29, 1.82) is 0 Å². The Hall–Kier alpha value is -2.23. The third kappa shape index (κ3) is 2.85. The predicted molar refractivity (Wildman–Crippen MR) is 80.7 cm³/mol. The summed E-state index contributed by atoms with van der Waals surface area (Å²) < 4.78 is 7.18. The highest BCUT2D eigenvalue weighted by atomic mass is 16.5. The molecule has 0 aliphatic heterocycles. The van der Waals surface area contributed by atoms with Gasteiger partial charge in [0.25, 0.3) is 0 Å². The minimum absolute atomic E-state index is 0.0917. The fourth-order valence-corrected chi connectivity index (χ4v) is 2.15. The number of aryl methyl sites for hydroxylation is 1. The van der Waals surface area contributed by atoms with E-state index in [2.05, 4.69) is 5.32 Å². The SMILES string of the molecule is COc1cccc(NCC(=O)c2cc(C)n(C)c2C)c1. The summed E-state index contributed by atoms with van der Waals surface area (Å²) in [5, 5.41) is 3.13. The summed E-state index contributed by atoms with van der Waals surface area (Å²) in [6.07, 6.45) is 0. The number of anilines is 1. The van der Waals surface area contributed by atoms with Crippen LogP contribution in [0.1, 0.15) is 21.7 Å². The van der Waals surface area contributed by atoms with Gasteiger partial charge >= 0.3 is 0 Å². The number of hydrogen-bond donors (Lipinski definition) is 1. The first kappa shape index (κ1) is 14.2. The van der Waals surface area contributed by atoms with Crippen LogP contribution in [0.25, 0.3) is 0 Å². The zero-order valence-corrected chi connectivity index (χ0v) is 12.4. The summed E-state index contributed by atoms with van der Waals surface area (Å²) in [5.41, 5.74) is 3.75. The molecule has 1 heterocycles. The number of rotatable bonds is 5. The molecule has 20 heavy (non-hydrogen) atoms. The van der Waals surface area contributed by atoms with Crippen LogP contribution in [0.3, 0.4) is 0 Å². The van der Waals surface area contributed by atoms with Crippen molar-refractivity contribution < 1.29 is 9.53 Å². The summed E-state index contributed by atoms with van der Waals surface area (Å²) in [7, 11) is 3.59. The van der Waals surface area contributed by atoms with E-state index >= 15 is 0 Å². The highest BCUT2D eigenvalue weighted by Crippen LogP contribution is 2.18. The number of carbonyl (C=O) groups excluding carboxylic acids is 1. The molecule has 0 amide bonds. The van der Waals surface area contributed by atoms with Gasteiger partial charge < -0.3 is 14.6 Å². The van der Waals surface area contributed by atoms with Crippen LogP contribution in [-0.4, -0.2) is 24.0 Å². The second-order valence-electron chi connectivity index (χ2n) is 4.85. The molecule has 0 aliphatic carbocycles. The number of ether oxygens (including phenoxy) is 1. The standard InChI is InChI=1S/C16H20N2O2/c1-11-8-15(12(2)18(11)3)16(19)10-17-13-6-5-7-14(9-13)20-4/h5-9,17H,10H2,1-4H3. The Morgan fingerprint density at radius 3 is 2.65 bits per heavy atom. The summed E-state index contributed by atoms with van der Waals surface area (Å²) in [5.74, 6) is 0.864. The molecule has 0 unspecified atom stereocenters. The lowest BCUT2D eigenvalue weighted by molar-refractivity contribution is 0.101. The molecule has 2 rings (SSSR count). The van der Waals surface area contributed by atoms with Crippen molar-refractivity contribution in [3.05, 3.63) is 47.3 Å². The zero-order chi connectivity index (χ0) is 14.7. The van der Waals surface area contributed by atoms with E-state index in [4.69, 9.17) is 4.74 Å². The molecule has 106 valence electrons. The molecule has 0 atom stereocenters. The summed E-state index contributed by atoms with van der Waals surface area (Å²) >= 11 is 0. The number of hydrogen-bond acceptors (Lipinski definition) is 3. The van der Waals surface area contributed by atoms with E-state index in [1.54, 1.807) is 7.11 Å². The van der Waals surface area contributed by atoms with Crippen LogP contribution >= 0.6 is 0 Å². The largest absolute Gasteiger partial charge is 0.497 e.